The normalized spacial score (nSPS) is 12.4. The van der Waals surface area contributed by atoms with E-state index < -0.39 is 5.82 Å². The molecule has 0 aliphatic heterocycles. The summed E-state index contributed by atoms with van der Waals surface area (Å²) in [6, 6.07) is 10.2. The van der Waals surface area contributed by atoms with Crippen LogP contribution in [0.1, 0.15) is 35.1 Å². The first-order valence-electron chi connectivity index (χ1n) is 7.47. The maximum atomic E-state index is 13.7. The van der Waals surface area contributed by atoms with E-state index in [1.165, 1.54) is 17.0 Å². The number of nitrogens with zero attached hydrogens (tertiary/aromatic N) is 1. The third-order valence-electron chi connectivity index (χ3n) is 3.70. The quantitative estimate of drug-likeness (QED) is 0.843. The van der Waals surface area contributed by atoms with Crippen molar-refractivity contribution < 1.29 is 9.18 Å². The van der Waals surface area contributed by atoms with Gasteiger partial charge in [0.25, 0.3) is 5.91 Å². The monoisotopic (exact) mass is 320 g/mol. The Balaban J connectivity index is 2.08. The van der Waals surface area contributed by atoms with Gasteiger partial charge in [0.15, 0.2) is 0 Å². The van der Waals surface area contributed by atoms with Gasteiger partial charge in [-0.25, -0.2) is 4.39 Å². The third kappa shape index (κ3) is 3.93. The molecule has 0 saturated carbocycles. The lowest BCUT2D eigenvalue weighted by molar-refractivity contribution is 0.0931. The maximum absolute atomic E-state index is 13.7. The van der Waals surface area contributed by atoms with Gasteiger partial charge in [-0.3, -0.25) is 9.69 Å². The van der Waals surface area contributed by atoms with Crippen LogP contribution in [0.3, 0.4) is 0 Å². The number of carbonyl (C=O) groups excluding carboxylic acids is 1. The molecular formula is C17H21FN2OS. The summed E-state index contributed by atoms with van der Waals surface area (Å²) in [6.45, 7) is 6.46. The number of nitrogens with one attached hydrogen (secondary N) is 1. The van der Waals surface area contributed by atoms with E-state index in [-0.39, 0.29) is 17.5 Å². The molecule has 1 N–H and O–H groups in total. The van der Waals surface area contributed by atoms with Crippen LogP contribution in [-0.4, -0.2) is 30.4 Å². The Hall–Kier alpha value is -1.72. The highest BCUT2D eigenvalue weighted by Gasteiger charge is 2.20. The molecule has 0 aliphatic carbocycles. The predicted octanol–water partition coefficient (Wildman–Crippen LogP) is 3.70. The standard InChI is InChI=1S/C17H21FN2OS/c1-3-20(4-2)15(16-10-7-11-22-16)12-19-17(21)13-8-5-6-9-14(13)18/h5-11,15H,3-4,12H2,1-2H3,(H,19,21). The average molecular weight is 320 g/mol. The Bertz CT molecular complexity index is 596. The van der Waals surface area contributed by atoms with E-state index in [0.717, 1.165) is 13.1 Å². The first-order valence-corrected chi connectivity index (χ1v) is 8.35. The van der Waals surface area contributed by atoms with Crippen molar-refractivity contribution in [2.24, 2.45) is 0 Å². The number of likely N-dealkylation sites (N-methyl/N-ethyl adjacent to an activating group) is 1. The highest BCUT2D eigenvalue weighted by Crippen LogP contribution is 2.24. The topological polar surface area (TPSA) is 32.3 Å². The lowest BCUT2D eigenvalue weighted by atomic mass is 10.1. The van der Waals surface area contributed by atoms with Crippen LogP contribution in [0.15, 0.2) is 41.8 Å². The van der Waals surface area contributed by atoms with Crippen LogP contribution in [0, 0.1) is 5.82 Å². The van der Waals surface area contributed by atoms with Crippen LogP contribution in [0.2, 0.25) is 0 Å². The molecule has 1 heterocycles. The number of thiophene rings is 1. The van der Waals surface area contributed by atoms with Crippen molar-refractivity contribution in [2.75, 3.05) is 19.6 Å². The lowest BCUT2D eigenvalue weighted by Gasteiger charge is -2.29. The Labute approximate surface area is 134 Å². The summed E-state index contributed by atoms with van der Waals surface area (Å²) in [5.74, 6) is -0.859. The second-order valence-corrected chi connectivity index (χ2v) is 5.92. The number of hydrogen-bond donors (Lipinski definition) is 1. The van der Waals surface area contributed by atoms with Gasteiger partial charge in [-0.05, 0) is 36.7 Å². The van der Waals surface area contributed by atoms with E-state index >= 15 is 0 Å². The van der Waals surface area contributed by atoms with Gasteiger partial charge in [-0.15, -0.1) is 11.3 Å². The highest BCUT2D eigenvalue weighted by molar-refractivity contribution is 7.10. The fourth-order valence-electron chi connectivity index (χ4n) is 2.48. The van der Waals surface area contributed by atoms with E-state index in [1.54, 1.807) is 23.5 Å². The zero-order valence-corrected chi connectivity index (χ0v) is 13.7. The molecule has 22 heavy (non-hydrogen) atoms. The average Bonchev–Trinajstić information content (AvgIpc) is 3.05. The second-order valence-electron chi connectivity index (χ2n) is 4.94. The molecule has 1 unspecified atom stereocenters. The predicted molar refractivity (Wildman–Crippen MR) is 88.7 cm³/mol. The van der Waals surface area contributed by atoms with E-state index in [2.05, 4.69) is 30.1 Å². The van der Waals surface area contributed by atoms with Crippen LogP contribution in [-0.2, 0) is 0 Å². The molecule has 5 heteroatoms. The Morgan fingerprint density at radius 2 is 1.95 bits per heavy atom. The van der Waals surface area contributed by atoms with Gasteiger partial charge in [0.1, 0.15) is 5.82 Å². The zero-order chi connectivity index (χ0) is 15.9. The molecule has 0 saturated heterocycles. The summed E-state index contributed by atoms with van der Waals surface area (Å²) in [4.78, 5) is 15.7. The van der Waals surface area contributed by atoms with E-state index in [1.807, 2.05) is 11.4 Å². The van der Waals surface area contributed by atoms with Crippen molar-refractivity contribution in [2.45, 2.75) is 19.9 Å². The molecule has 1 aromatic carbocycles. The Morgan fingerprint density at radius 1 is 1.23 bits per heavy atom. The van der Waals surface area contributed by atoms with Crippen LogP contribution >= 0.6 is 11.3 Å². The molecule has 118 valence electrons. The minimum absolute atomic E-state index is 0.0898. The van der Waals surface area contributed by atoms with Crippen molar-refractivity contribution in [1.82, 2.24) is 10.2 Å². The van der Waals surface area contributed by atoms with E-state index in [0.29, 0.717) is 6.54 Å². The molecule has 0 bridgehead atoms. The van der Waals surface area contributed by atoms with Crippen molar-refractivity contribution in [1.29, 1.82) is 0 Å². The molecule has 0 spiro atoms. The van der Waals surface area contributed by atoms with Gasteiger partial charge in [-0.2, -0.15) is 0 Å². The van der Waals surface area contributed by atoms with Crippen molar-refractivity contribution in [3.05, 3.63) is 58.0 Å². The van der Waals surface area contributed by atoms with Crippen LogP contribution in [0.4, 0.5) is 4.39 Å². The van der Waals surface area contributed by atoms with Crippen molar-refractivity contribution in [3.8, 4) is 0 Å². The first-order chi connectivity index (χ1) is 10.7. The molecule has 3 nitrogen and oxygen atoms in total. The van der Waals surface area contributed by atoms with Gasteiger partial charge in [0.2, 0.25) is 0 Å². The van der Waals surface area contributed by atoms with Crippen molar-refractivity contribution in [3.63, 3.8) is 0 Å². The summed E-state index contributed by atoms with van der Waals surface area (Å²) in [5, 5.41) is 4.90. The number of hydrogen-bond acceptors (Lipinski definition) is 3. The summed E-state index contributed by atoms with van der Waals surface area (Å²) < 4.78 is 13.7. The summed E-state index contributed by atoms with van der Waals surface area (Å²) in [6.07, 6.45) is 0. The van der Waals surface area contributed by atoms with Gasteiger partial charge in [-0.1, -0.05) is 32.0 Å². The number of amides is 1. The second kappa shape index (κ2) is 8.06. The number of carbonyl (C=O) groups is 1. The lowest BCUT2D eigenvalue weighted by Crippen LogP contribution is -2.37. The van der Waals surface area contributed by atoms with Gasteiger partial charge in [0.05, 0.1) is 11.6 Å². The highest BCUT2D eigenvalue weighted by atomic mass is 32.1. The first kappa shape index (κ1) is 16.6. The fraction of sp³-hybridized carbons (Fsp3) is 0.353. The number of halogens is 1. The molecule has 1 aromatic heterocycles. The van der Waals surface area contributed by atoms with Crippen LogP contribution < -0.4 is 5.32 Å². The van der Waals surface area contributed by atoms with Crippen LogP contribution in [0.5, 0.6) is 0 Å². The maximum Gasteiger partial charge on any atom is 0.254 e. The largest absolute Gasteiger partial charge is 0.350 e. The fourth-order valence-corrected chi connectivity index (χ4v) is 3.35. The molecule has 0 fully saturated rings. The number of benzene rings is 1. The zero-order valence-electron chi connectivity index (χ0n) is 12.9. The van der Waals surface area contributed by atoms with E-state index in [4.69, 9.17) is 0 Å². The van der Waals surface area contributed by atoms with Gasteiger partial charge in [0, 0.05) is 11.4 Å². The van der Waals surface area contributed by atoms with Gasteiger partial charge < -0.3 is 5.32 Å². The van der Waals surface area contributed by atoms with E-state index in [9.17, 15) is 9.18 Å². The Kier molecular flexibility index (Phi) is 6.10. The minimum atomic E-state index is -0.490. The molecule has 0 aliphatic rings. The minimum Gasteiger partial charge on any atom is -0.350 e. The molecule has 2 aromatic rings. The number of rotatable bonds is 7. The summed E-state index contributed by atoms with van der Waals surface area (Å²) in [5.41, 5.74) is 0.0898. The summed E-state index contributed by atoms with van der Waals surface area (Å²) >= 11 is 1.67. The smallest absolute Gasteiger partial charge is 0.254 e. The Morgan fingerprint density at radius 3 is 2.55 bits per heavy atom. The van der Waals surface area contributed by atoms with Gasteiger partial charge >= 0.3 is 0 Å². The molecule has 1 atom stereocenters. The molecule has 1 amide bonds. The molecule has 2 rings (SSSR count). The van der Waals surface area contributed by atoms with Crippen LogP contribution in [0.25, 0.3) is 0 Å². The molecular weight excluding hydrogens is 299 g/mol. The summed E-state index contributed by atoms with van der Waals surface area (Å²) in [7, 11) is 0. The third-order valence-corrected chi connectivity index (χ3v) is 4.67. The SMILES string of the molecule is CCN(CC)C(CNC(=O)c1ccccc1F)c1cccs1. The van der Waals surface area contributed by atoms with Crippen molar-refractivity contribution >= 4 is 17.2 Å². The molecule has 0 radical (unpaired) electrons.